The molecule has 1 N–H and O–H groups in total. The summed E-state index contributed by atoms with van der Waals surface area (Å²) in [4.78, 5) is 0. The monoisotopic (exact) mass is 279 g/mol. The van der Waals surface area contributed by atoms with Gasteiger partial charge in [0.2, 0.25) is 0 Å². The van der Waals surface area contributed by atoms with Gasteiger partial charge in [0.15, 0.2) is 0 Å². The van der Waals surface area contributed by atoms with Gasteiger partial charge in [-0.05, 0) is 59.1 Å². The van der Waals surface area contributed by atoms with Crippen LogP contribution in [-0.4, -0.2) is 0 Å². The van der Waals surface area contributed by atoms with E-state index in [9.17, 15) is 0 Å². The topological polar surface area (TPSA) is 12.0 Å². The van der Waals surface area contributed by atoms with Gasteiger partial charge in [0.05, 0.1) is 0 Å². The van der Waals surface area contributed by atoms with E-state index in [4.69, 9.17) is 0 Å². The first-order chi connectivity index (χ1) is 10.1. The third-order valence-corrected chi connectivity index (χ3v) is 4.56. The Hall–Kier alpha value is -1.76. The molecule has 0 saturated heterocycles. The molecule has 2 aromatic rings. The van der Waals surface area contributed by atoms with E-state index in [0.717, 1.165) is 12.8 Å². The molecule has 0 bridgehead atoms. The third kappa shape index (κ3) is 2.57. The second kappa shape index (κ2) is 5.55. The van der Waals surface area contributed by atoms with Crippen LogP contribution in [0.15, 0.2) is 36.4 Å². The highest BCUT2D eigenvalue weighted by atomic mass is 14.9. The summed E-state index contributed by atoms with van der Waals surface area (Å²) in [6.45, 7) is 9.14. The van der Waals surface area contributed by atoms with Crippen molar-refractivity contribution in [2.45, 2.75) is 52.4 Å². The molecule has 0 aromatic heterocycles. The predicted octanol–water partition coefficient (Wildman–Crippen LogP) is 5.78. The molecule has 0 saturated carbocycles. The van der Waals surface area contributed by atoms with Gasteiger partial charge in [-0.3, -0.25) is 0 Å². The van der Waals surface area contributed by atoms with Crippen LogP contribution in [0.5, 0.6) is 0 Å². The zero-order valence-corrected chi connectivity index (χ0v) is 13.5. The van der Waals surface area contributed by atoms with E-state index in [1.54, 1.807) is 0 Å². The minimum Gasteiger partial charge on any atom is -0.355 e. The van der Waals surface area contributed by atoms with Gasteiger partial charge in [-0.1, -0.05) is 52.0 Å². The van der Waals surface area contributed by atoms with Gasteiger partial charge in [0, 0.05) is 11.4 Å². The van der Waals surface area contributed by atoms with E-state index in [1.165, 1.54) is 33.6 Å². The van der Waals surface area contributed by atoms with E-state index < -0.39 is 0 Å². The molecule has 1 heterocycles. The summed E-state index contributed by atoms with van der Waals surface area (Å²) >= 11 is 0. The summed E-state index contributed by atoms with van der Waals surface area (Å²) < 4.78 is 0. The maximum atomic E-state index is 3.69. The molecule has 0 unspecified atom stereocenters. The lowest BCUT2D eigenvalue weighted by atomic mass is 9.90. The first-order valence-electron chi connectivity index (χ1n) is 8.08. The minimum atomic E-state index is 0.576. The van der Waals surface area contributed by atoms with Crippen LogP contribution in [0.1, 0.15) is 61.8 Å². The lowest BCUT2D eigenvalue weighted by Gasteiger charge is -2.16. The second-order valence-electron chi connectivity index (χ2n) is 6.68. The smallest absolute Gasteiger partial charge is 0.0419 e. The summed E-state index contributed by atoms with van der Waals surface area (Å²) in [5.74, 6) is 1.15. The van der Waals surface area contributed by atoms with Crippen molar-refractivity contribution in [1.29, 1.82) is 0 Å². The highest BCUT2D eigenvalue weighted by Gasteiger charge is 2.19. The first-order valence-corrected chi connectivity index (χ1v) is 8.08. The number of benzene rings is 2. The van der Waals surface area contributed by atoms with Crippen molar-refractivity contribution in [3.8, 4) is 0 Å². The van der Waals surface area contributed by atoms with Crippen LogP contribution in [0.25, 0.3) is 0 Å². The molecule has 1 heteroatoms. The first kappa shape index (κ1) is 14.2. The quantitative estimate of drug-likeness (QED) is 0.735. The van der Waals surface area contributed by atoms with Gasteiger partial charge in [-0.2, -0.15) is 0 Å². The Balaban J connectivity index is 2.09. The summed E-state index contributed by atoms with van der Waals surface area (Å²) in [5.41, 5.74) is 8.55. The Morgan fingerprint density at radius 1 is 0.714 bits per heavy atom. The Bertz CT molecular complexity index is 595. The highest BCUT2D eigenvalue weighted by Crippen LogP contribution is 2.37. The van der Waals surface area contributed by atoms with Crippen LogP contribution in [0.2, 0.25) is 0 Å². The summed E-state index contributed by atoms with van der Waals surface area (Å²) in [6.07, 6.45) is 2.26. The summed E-state index contributed by atoms with van der Waals surface area (Å²) in [5, 5.41) is 3.69. The minimum absolute atomic E-state index is 0.576. The maximum Gasteiger partial charge on any atom is 0.0419 e. The number of fused-ring (bicyclic) bond motifs is 2. The van der Waals surface area contributed by atoms with E-state index >= 15 is 0 Å². The molecule has 0 fully saturated rings. The molecule has 2 aromatic carbocycles. The van der Waals surface area contributed by atoms with Crippen molar-refractivity contribution in [1.82, 2.24) is 0 Å². The number of anilines is 2. The molecule has 1 aliphatic heterocycles. The SMILES string of the molecule is CC(C)c1cccc2c1CCc1c(cccc1C(C)C)N2. The molecule has 110 valence electrons. The van der Waals surface area contributed by atoms with Crippen molar-refractivity contribution < 1.29 is 0 Å². The molecular weight excluding hydrogens is 254 g/mol. The predicted molar refractivity (Wildman–Crippen MR) is 91.8 cm³/mol. The van der Waals surface area contributed by atoms with Crippen LogP contribution in [0.4, 0.5) is 11.4 Å². The molecule has 21 heavy (non-hydrogen) atoms. The van der Waals surface area contributed by atoms with Crippen LogP contribution >= 0.6 is 0 Å². The maximum absolute atomic E-state index is 3.69. The Kier molecular flexibility index (Phi) is 3.75. The zero-order chi connectivity index (χ0) is 15.0. The summed E-state index contributed by atoms with van der Waals surface area (Å²) in [6, 6.07) is 13.4. The van der Waals surface area contributed by atoms with Crippen LogP contribution < -0.4 is 5.32 Å². The van der Waals surface area contributed by atoms with Gasteiger partial charge in [0.25, 0.3) is 0 Å². The molecular formula is C20H25N. The van der Waals surface area contributed by atoms with E-state index in [2.05, 4.69) is 69.4 Å². The average molecular weight is 279 g/mol. The Morgan fingerprint density at radius 2 is 1.14 bits per heavy atom. The molecule has 1 nitrogen and oxygen atoms in total. The average Bonchev–Trinajstić information content (AvgIpc) is 2.64. The fraction of sp³-hybridized carbons (Fsp3) is 0.400. The van der Waals surface area contributed by atoms with Crippen LogP contribution in [0.3, 0.4) is 0 Å². The van der Waals surface area contributed by atoms with E-state index in [0.29, 0.717) is 11.8 Å². The third-order valence-electron chi connectivity index (χ3n) is 4.56. The van der Waals surface area contributed by atoms with Crippen molar-refractivity contribution in [3.05, 3.63) is 58.7 Å². The molecule has 0 aliphatic carbocycles. The zero-order valence-electron chi connectivity index (χ0n) is 13.5. The van der Waals surface area contributed by atoms with Crippen molar-refractivity contribution >= 4 is 11.4 Å². The van der Waals surface area contributed by atoms with Crippen LogP contribution in [-0.2, 0) is 12.8 Å². The van der Waals surface area contributed by atoms with Crippen molar-refractivity contribution in [3.63, 3.8) is 0 Å². The second-order valence-corrected chi connectivity index (χ2v) is 6.68. The molecule has 0 amide bonds. The van der Waals surface area contributed by atoms with Gasteiger partial charge in [-0.15, -0.1) is 0 Å². The highest BCUT2D eigenvalue weighted by molar-refractivity contribution is 5.71. The summed E-state index contributed by atoms with van der Waals surface area (Å²) in [7, 11) is 0. The van der Waals surface area contributed by atoms with Crippen molar-refractivity contribution in [2.75, 3.05) is 5.32 Å². The number of nitrogens with one attached hydrogen (secondary N) is 1. The van der Waals surface area contributed by atoms with Gasteiger partial charge < -0.3 is 5.32 Å². The van der Waals surface area contributed by atoms with Gasteiger partial charge in [0.1, 0.15) is 0 Å². The number of rotatable bonds is 2. The largest absolute Gasteiger partial charge is 0.355 e. The Morgan fingerprint density at radius 3 is 1.52 bits per heavy atom. The van der Waals surface area contributed by atoms with E-state index in [1.807, 2.05) is 0 Å². The lowest BCUT2D eigenvalue weighted by molar-refractivity contribution is 0.814. The molecule has 0 spiro atoms. The van der Waals surface area contributed by atoms with Gasteiger partial charge in [-0.25, -0.2) is 0 Å². The fourth-order valence-corrected chi connectivity index (χ4v) is 3.48. The Labute approximate surface area is 128 Å². The molecule has 3 rings (SSSR count). The molecule has 1 aliphatic rings. The molecule has 0 radical (unpaired) electrons. The number of hydrogen-bond acceptors (Lipinski definition) is 1. The van der Waals surface area contributed by atoms with Gasteiger partial charge >= 0.3 is 0 Å². The van der Waals surface area contributed by atoms with Crippen molar-refractivity contribution in [2.24, 2.45) is 0 Å². The number of hydrogen-bond donors (Lipinski definition) is 1. The standard InChI is InChI=1S/C20H25N/c1-13(2)15-7-5-9-19-17(15)11-12-18-16(14(3)4)8-6-10-20(18)21-19/h5-10,13-14,21H,11-12H2,1-4H3. The lowest BCUT2D eigenvalue weighted by Crippen LogP contribution is -2.00. The van der Waals surface area contributed by atoms with E-state index in [-0.39, 0.29) is 0 Å². The molecule has 0 atom stereocenters. The fourth-order valence-electron chi connectivity index (χ4n) is 3.48. The van der Waals surface area contributed by atoms with Crippen LogP contribution in [0, 0.1) is 0 Å². The normalized spacial score (nSPS) is 13.6.